The fraction of sp³-hybridized carbons (Fsp3) is 0.148. The second-order valence-electron chi connectivity index (χ2n) is 8.01. The molecule has 0 heterocycles. The average Bonchev–Trinajstić information content (AvgIpc) is 2.88. The van der Waals surface area contributed by atoms with E-state index >= 15 is 0 Å². The van der Waals surface area contributed by atoms with Crippen molar-refractivity contribution < 1.29 is 32.7 Å². The minimum atomic E-state index is -5.08. The maximum Gasteiger partial charge on any atom is 0.490 e. The van der Waals surface area contributed by atoms with Gasteiger partial charge in [0, 0.05) is 19.0 Å². The second kappa shape index (κ2) is 13.9. The van der Waals surface area contributed by atoms with Crippen molar-refractivity contribution in [3.8, 4) is 17.2 Å². The zero-order valence-corrected chi connectivity index (χ0v) is 20.6. The predicted octanol–water partition coefficient (Wildman–Crippen LogP) is 3.84. The first-order valence-electron chi connectivity index (χ1n) is 11.2. The molecule has 3 rings (SSSR count). The van der Waals surface area contributed by atoms with Gasteiger partial charge in [-0.05, 0) is 40.5 Å². The molecule has 0 spiro atoms. The van der Waals surface area contributed by atoms with Gasteiger partial charge in [0.25, 0.3) is 0 Å². The number of nitrogens with zero attached hydrogens (tertiary/aromatic N) is 2. The molecule has 0 aliphatic carbocycles. The van der Waals surface area contributed by atoms with Crippen LogP contribution < -0.4 is 16.5 Å². The summed E-state index contributed by atoms with van der Waals surface area (Å²) in [7, 11) is 0. The third-order valence-corrected chi connectivity index (χ3v) is 5.06. The van der Waals surface area contributed by atoms with Gasteiger partial charge in [0.1, 0.15) is 6.04 Å². The van der Waals surface area contributed by atoms with Gasteiger partial charge in [-0.15, -0.1) is 0 Å². The highest BCUT2D eigenvalue weighted by Gasteiger charge is 2.38. The first-order chi connectivity index (χ1) is 18.4. The Morgan fingerprint density at radius 1 is 1.08 bits per heavy atom. The molecule has 0 aliphatic heterocycles. The molecule has 0 bridgehead atoms. The molecule has 0 saturated heterocycles. The summed E-state index contributed by atoms with van der Waals surface area (Å²) in [5.41, 5.74) is 4.74. The van der Waals surface area contributed by atoms with Crippen LogP contribution in [0.4, 0.5) is 18.9 Å². The second-order valence-corrected chi connectivity index (χ2v) is 8.01. The maximum absolute atomic E-state index is 12.7. The van der Waals surface area contributed by atoms with Crippen LogP contribution in [0.1, 0.15) is 23.6 Å². The zero-order chi connectivity index (χ0) is 29.0. The van der Waals surface area contributed by atoms with Crippen molar-refractivity contribution in [1.82, 2.24) is 5.32 Å². The molecule has 39 heavy (non-hydrogen) atoms. The molecule has 202 valence electrons. The van der Waals surface area contributed by atoms with E-state index in [9.17, 15) is 28.0 Å². The van der Waals surface area contributed by atoms with Gasteiger partial charge in [-0.25, -0.2) is 4.79 Å². The SMILES string of the molecule is CC(=O)NC(=O)[C@H](Cc1cccc(C=NN)c1)Nc1ccc(-c2ccccc2C#N)cc1.O=C(O)C(F)(F)F. The van der Waals surface area contributed by atoms with Crippen molar-refractivity contribution in [2.45, 2.75) is 25.6 Å². The number of benzene rings is 3. The molecule has 0 aromatic heterocycles. The minimum Gasteiger partial charge on any atom is -0.475 e. The number of carboxylic acid groups (broad SMARTS) is 1. The smallest absolute Gasteiger partial charge is 0.475 e. The van der Waals surface area contributed by atoms with Crippen LogP contribution in [0.5, 0.6) is 0 Å². The molecule has 3 aromatic rings. The summed E-state index contributed by atoms with van der Waals surface area (Å²) in [6, 6.07) is 23.8. The number of amides is 2. The number of hydrogen-bond donors (Lipinski definition) is 4. The van der Waals surface area contributed by atoms with Crippen LogP contribution in [-0.2, 0) is 20.8 Å². The van der Waals surface area contributed by atoms with Crippen molar-refractivity contribution >= 4 is 29.7 Å². The average molecular weight is 540 g/mol. The summed E-state index contributed by atoms with van der Waals surface area (Å²) in [6.45, 7) is 1.30. The summed E-state index contributed by atoms with van der Waals surface area (Å²) in [4.78, 5) is 33.0. The van der Waals surface area contributed by atoms with Crippen LogP contribution in [0, 0.1) is 11.3 Å². The molecule has 0 fully saturated rings. The number of aliphatic carboxylic acids is 1. The molecule has 12 heteroatoms. The molecule has 0 radical (unpaired) electrons. The number of hydrogen-bond acceptors (Lipinski definition) is 7. The molecule has 0 saturated carbocycles. The largest absolute Gasteiger partial charge is 0.490 e. The lowest BCUT2D eigenvalue weighted by Gasteiger charge is -2.19. The van der Waals surface area contributed by atoms with Crippen LogP contribution in [0.3, 0.4) is 0 Å². The molecular formula is C27H24F3N5O4. The van der Waals surface area contributed by atoms with Gasteiger partial charge >= 0.3 is 12.1 Å². The quantitative estimate of drug-likeness (QED) is 0.202. The highest BCUT2D eigenvalue weighted by Crippen LogP contribution is 2.25. The molecule has 5 N–H and O–H groups in total. The van der Waals surface area contributed by atoms with Crippen LogP contribution in [0.2, 0.25) is 0 Å². The lowest BCUT2D eigenvalue weighted by Crippen LogP contribution is -2.43. The molecule has 3 aromatic carbocycles. The minimum absolute atomic E-state index is 0.352. The van der Waals surface area contributed by atoms with E-state index in [0.29, 0.717) is 17.7 Å². The van der Waals surface area contributed by atoms with Crippen molar-refractivity contribution in [1.29, 1.82) is 5.26 Å². The summed E-state index contributed by atoms with van der Waals surface area (Å²) in [6.07, 6.45) is -3.20. The Kier molecular flexibility index (Phi) is 10.7. The number of nitrogens with one attached hydrogen (secondary N) is 2. The number of nitriles is 1. The molecular weight excluding hydrogens is 515 g/mol. The van der Waals surface area contributed by atoms with Crippen molar-refractivity contribution in [3.63, 3.8) is 0 Å². The Labute approximate surface area is 221 Å². The number of anilines is 1. The molecule has 2 amide bonds. The summed E-state index contributed by atoms with van der Waals surface area (Å²) >= 11 is 0. The summed E-state index contributed by atoms with van der Waals surface area (Å²) < 4.78 is 31.7. The van der Waals surface area contributed by atoms with Crippen LogP contribution in [0.25, 0.3) is 11.1 Å². The lowest BCUT2D eigenvalue weighted by atomic mass is 9.99. The van der Waals surface area contributed by atoms with Gasteiger partial charge in [-0.2, -0.15) is 23.5 Å². The Morgan fingerprint density at radius 3 is 2.28 bits per heavy atom. The van der Waals surface area contributed by atoms with Gasteiger partial charge in [0.05, 0.1) is 17.8 Å². The lowest BCUT2D eigenvalue weighted by molar-refractivity contribution is -0.192. The monoisotopic (exact) mass is 539 g/mol. The summed E-state index contributed by atoms with van der Waals surface area (Å²) in [5.74, 6) is 1.63. The molecule has 0 unspecified atom stereocenters. The van der Waals surface area contributed by atoms with Crippen LogP contribution in [-0.4, -0.2) is 41.3 Å². The topological polar surface area (TPSA) is 158 Å². The normalized spacial score (nSPS) is 11.5. The number of hydrazone groups is 1. The predicted molar refractivity (Wildman–Crippen MR) is 138 cm³/mol. The molecule has 9 nitrogen and oxygen atoms in total. The van der Waals surface area contributed by atoms with Gasteiger partial charge in [0.15, 0.2) is 0 Å². The number of imide groups is 1. The van der Waals surface area contributed by atoms with Crippen molar-refractivity contribution in [3.05, 3.63) is 89.5 Å². The van der Waals surface area contributed by atoms with E-state index in [-0.39, 0.29) is 0 Å². The van der Waals surface area contributed by atoms with Gasteiger partial charge in [-0.3, -0.25) is 14.9 Å². The van der Waals surface area contributed by atoms with Gasteiger partial charge in [-0.1, -0.05) is 54.6 Å². The first-order valence-corrected chi connectivity index (χ1v) is 11.2. The third kappa shape index (κ3) is 9.66. The van der Waals surface area contributed by atoms with E-state index in [1.807, 2.05) is 66.7 Å². The fourth-order valence-electron chi connectivity index (χ4n) is 3.37. The first kappa shape index (κ1) is 30.0. The Hall–Kier alpha value is -5.18. The highest BCUT2D eigenvalue weighted by atomic mass is 19.4. The third-order valence-electron chi connectivity index (χ3n) is 5.06. The number of carboxylic acids is 1. The van der Waals surface area contributed by atoms with E-state index in [2.05, 4.69) is 21.8 Å². The number of rotatable bonds is 7. The zero-order valence-electron chi connectivity index (χ0n) is 20.6. The van der Waals surface area contributed by atoms with Gasteiger partial charge < -0.3 is 16.3 Å². The summed E-state index contributed by atoms with van der Waals surface area (Å²) in [5, 5.41) is 25.5. The number of carbonyl (C=O) groups excluding carboxylic acids is 2. The number of carbonyl (C=O) groups is 3. The molecule has 1 atom stereocenters. The number of halogens is 3. The number of alkyl halides is 3. The van der Waals surface area contributed by atoms with Crippen molar-refractivity contribution in [2.75, 3.05) is 5.32 Å². The Bertz CT molecular complexity index is 1380. The highest BCUT2D eigenvalue weighted by molar-refractivity contribution is 5.98. The van der Waals surface area contributed by atoms with E-state index in [4.69, 9.17) is 15.7 Å². The molecule has 0 aliphatic rings. The fourth-order valence-corrected chi connectivity index (χ4v) is 3.37. The number of nitrogens with two attached hydrogens (primary N) is 1. The van der Waals surface area contributed by atoms with Crippen LogP contribution >= 0.6 is 0 Å². The van der Waals surface area contributed by atoms with E-state index in [0.717, 1.165) is 22.3 Å². The standard InChI is InChI=1S/C25H23N5O2.C2HF3O2/c1-17(31)29-25(32)24(14-18-5-4-6-19(13-18)16-28-27)30-22-11-9-20(10-12-22)23-8-3-2-7-21(23)15-26;3-2(4,5)1(6)7/h2-13,16,24,30H,14,27H2,1H3,(H,29,31,32);(H,6,7)/t24-;/m0./s1. The van der Waals surface area contributed by atoms with E-state index < -0.39 is 30.0 Å². The van der Waals surface area contributed by atoms with Crippen LogP contribution in [0.15, 0.2) is 77.9 Å². The van der Waals surface area contributed by atoms with E-state index in [1.54, 1.807) is 6.07 Å². The van der Waals surface area contributed by atoms with E-state index in [1.165, 1.54) is 13.1 Å². The van der Waals surface area contributed by atoms with Crippen molar-refractivity contribution in [2.24, 2.45) is 10.9 Å². The Morgan fingerprint density at radius 2 is 1.72 bits per heavy atom. The van der Waals surface area contributed by atoms with Gasteiger partial charge in [0.2, 0.25) is 11.8 Å². The Balaban J connectivity index is 0.000000673. The maximum atomic E-state index is 12.7.